The summed E-state index contributed by atoms with van der Waals surface area (Å²) >= 11 is 0. The van der Waals surface area contributed by atoms with E-state index in [0.717, 1.165) is 23.5 Å². The van der Waals surface area contributed by atoms with Crippen LogP contribution in [0.3, 0.4) is 0 Å². The number of hydrogen-bond donors (Lipinski definition) is 1. The molecule has 0 aliphatic carbocycles. The highest BCUT2D eigenvalue weighted by Crippen LogP contribution is 2.19. The van der Waals surface area contributed by atoms with Gasteiger partial charge >= 0.3 is 0 Å². The van der Waals surface area contributed by atoms with Crippen LogP contribution in [0.4, 0.5) is 5.69 Å². The third-order valence-corrected chi connectivity index (χ3v) is 3.04. The lowest BCUT2D eigenvalue weighted by molar-refractivity contribution is 0.789. The van der Waals surface area contributed by atoms with Crippen LogP contribution in [0, 0.1) is 6.92 Å². The van der Waals surface area contributed by atoms with Gasteiger partial charge in [0.2, 0.25) is 0 Å². The fourth-order valence-corrected chi connectivity index (χ4v) is 1.92. The third kappa shape index (κ3) is 2.64. The SMILES string of the molecule is Cc1ccc(-n2cnnn2)cc1NCc1cccnc1. The quantitative estimate of drug-likeness (QED) is 0.782. The molecule has 6 nitrogen and oxygen atoms in total. The molecule has 0 atom stereocenters. The average molecular weight is 266 g/mol. The van der Waals surface area contributed by atoms with Gasteiger partial charge in [0.25, 0.3) is 0 Å². The number of anilines is 1. The number of nitrogens with one attached hydrogen (secondary N) is 1. The highest BCUT2D eigenvalue weighted by molar-refractivity contribution is 5.56. The molecule has 2 heterocycles. The van der Waals surface area contributed by atoms with Gasteiger partial charge in [0.05, 0.1) is 5.69 Å². The Labute approximate surface area is 116 Å². The van der Waals surface area contributed by atoms with E-state index < -0.39 is 0 Å². The minimum absolute atomic E-state index is 0.730. The molecule has 3 rings (SSSR count). The summed E-state index contributed by atoms with van der Waals surface area (Å²) in [5.41, 5.74) is 4.29. The number of benzene rings is 1. The molecule has 0 saturated heterocycles. The van der Waals surface area contributed by atoms with Crippen molar-refractivity contribution in [2.75, 3.05) is 5.32 Å². The lowest BCUT2D eigenvalue weighted by Gasteiger charge is -2.11. The maximum Gasteiger partial charge on any atom is 0.143 e. The molecule has 0 aliphatic rings. The van der Waals surface area contributed by atoms with Crippen LogP contribution >= 0.6 is 0 Å². The number of aryl methyl sites for hydroxylation is 1. The predicted molar refractivity (Wildman–Crippen MR) is 75.5 cm³/mol. The second-order valence-electron chi connectivity index (χ2n) is 4.47. The number of hydrogen-bond acceptors (Lipinski definition) is 5. The Bertz CT molecular complexity index is 678. The average Bonchev–Trinajstić information content (AvgIpc) is 3.02. The van der Waals surface area contributed by atoms with Crippen molar-refractivity contribution in [2.45, 2.75) is 13.5 Å². The van der Waals surface area contributed by atoms with Crippen LogP contribution in [0.2, 0.25) is 0 Å². The second-order valence-corrected chi connectivity index (χ2v) is 4.47. The summed E-state index contributed by atoms with van der Waals surface area (Å²) in [6.45, 7) is 2.79. The number of aromatic nitrogens is 5. The van der Waals surface area contributed by atoms with E-state index in [2.05, 4.69) is 32.7 Å². The van der Waals surface area contributed by atoms with Gasteiger partial charge in [0.1, 0.15) is 6.33 Å². The Morgan fingerprint density at radius 3 is 2.95 bits per heavy atom. The van der Waals surface area contributed by atoms with Crippen molar-refractivity contribution in [1.29, 1.82) is 0 Å². The van der Waals surface area contributed by atoms with Crippen molar-refractivity contribution >= 4 is 5.69 Å². The first-order valence-electron chi connectivity index (χ1n) is 6.30. The first-order valence-corrected chi connectivity index (χ1v) is 6.30. The van der Waals surface area contributed by atoms with Crippen molar-refractivity contribution < 1.29 is 0 Å². The Hall–Kier alpha value is -2.76. The van der Waals surface area contributed by atoms with E-state index in [1.165, 1.54) is 5.56 Å². The molecule has 0 spiro atoms. The van der Waals surface area contributed by atoms with E-state index in [1.807, 2.05) is 36.5 Å². The molecule has 0 amide bonds. The molecular weight excluding hydrogens is 252 g/mol. The molecule has 0 saturated carbocycles. The lowest BCUT2D eigenvalue weighted by Crippen LogP contribution is -2.03. The van der Waals surface area contributed by atoms with Gasteiger partial charge < -0.3 is 5.32 Å². The maximum atomic E-state index is 4.11. The standard InChI is InChI=1S/C14H14N6/c1-11-4-5-13(20-10-17-18-19-20)7-14(11)16-9-12-3-2-6-15-8-12/h2-8,10,16H,9H2,1H3. The molecule has 0 bridgehead atoms. The number of pyridine rings is 1. The smallest absolute Gasteiger partial charge is 0.143 e. The normalized spacial score (nSPS) is 10.4. The zero-order valence-corrected chi connectivity index (χ0v) is 11.1. The van der Waals surface area contributed by atoms with Crippen LogP contribution in [-0.4, -0.2) is 25.2 Å². The van der Waals surface area contributed by atoms with E-state index in [-0.39, 0.29) is 0 Å². The molecule has 0 aliphatic heterocycles. The molecular formula is C14H14N6. The van der Waals surface area contributed by atoms with Crippen molar-refractivity contribution in [3.8, 4) is 5.69 Å². The van der Waals surface area contributed by atoms with Crippen LogP contribution in [0.1, 0.15) is 11.1 Å². The van der Waals surface area contributed by atoms with Gasteiger partial charge in [0.15, 0.2) is 0 Å². The Balaban J connectivity index is 1.80. The molecule has 6 heteroatoms. The summed E-state index contributed by atoms with van der Waals surface area (Å²) in [5.74, 6) is 0. The highest BCUT2D eigenvalue weighted by atomic mass is 15.5. The monoisotopic (exact) mass is 266 g/mol. The predicted octanol–water partition coefficient (Wildman–Crippen LogP) is 1.98. The fraction of sp³-hybridized carbons (Fsp3) is 0.143. The van der Waals surface area contributed by atoms with Crippen molar-refractivity contribution in [3.63, 3.8) is 0 Å². The number of rotatable bonds is 4. The molecule has 2 aromatic heterocycles. The molecule has 100 valence electrons. The summed E-state index contributed by atoms with van der Waals surface area (Å²) in [6, 6.07) is 10.0. The maximum absolute atomic E-state index is 4.11. The molecule has 1 aromatic carbocycles. The van der Waals surface area contributed by atoms with Gasteiger partial charge in [-0.25, -0.2) is 4.68 Å². The van der Waals surface area contributed by atoms with E-state index >= 15 is 0 Å². The van der Waals surface area contributed by atoms with Crippen LogP contribution in [0.15, 0.2) is 49.1 Å². The van der Waals surface area contributed by atoms with Gasteiger partial charge in [-0.1, -0.05) is 12.1 Å². The van der Waals surface area contributed by atoms with Gasteiger partial charge in [-0.2, -0.15) is 0 Å². The minimum atomic E-state index is 0.730. The Morgan fingerprint density at radius 2 is 2.20 bits per heavy atom. The van der Waals surface area contributed by atoms with E-state index in [1.54, 1.807) is 17.2 Å². The first kappa shape index (κ1) is 12.3. The van der Waals surface area contributed by atoms with Crippen LogP contribution in [-0.2, 0) is 6.54 Å². The molecule has 0 fully saturated rings. The zero-order valence-electron chi connectivity index (χ0n) is 11.1. The zero-order chi connectivity index (χ0) is 13.8. The molecule has 0 radical (unpaired) electrons. The third-order valence-electron chi connectivity index (χ3n) is 3.04. The van der Waals surface area contributed by atoms with E-state index in [0.29, 0.717) is 0 Å². The van der Waals surface area contributed by atoms with E-state index in [4.69, 9.17) is 0 Å². The van der Waals surface area contributed by atoms with Crippen LogP contribution in [0.5, 0.6) is 0 Å². The highest BCUT2D eigenvalue weighted by Gasteiger charge is 2.03. The minimum Gasteiger partial charge on any atom is -0.381 e. The summed E-state index contributed by atoms with van der Waals surface area (Å²) in [4.78, 5) is 4.11. The van der Waals surface area contributed by atoms with Crippen LogP contribution in [0.25, 0.3) is 5.69 Å². The van der Waals surface area contributed by atoms with Crippen molar-refractivity contribution in [2.24, 2.45) is 0 Å². The van der Waals surface area contributed by atoms with Gasteiger partial charge in [0, 0.05) is 24.6 Å². The summed E-state index contributed by atoms with van der Waals surface area (Å²) < 4.78 is 1.63. The Kier molecular flexibility index (Phi) is 3.36. The second kappa shape index (κ2) is 5.48. The van der Waals surface area contributed by atoms with Gasteiger partial charge in [-0.05, 0) is 46.7 Å². The first-order chi connectivity index (χ1) is 9.83. The molecule has 1 N–H and O–H groups in total. The Morgan fingerprint density at radius 1 is 1.25 bits per heavy atom. The lowest BCUT2D eigenvalue weighted by atomic mass is 10.1. The van der Waals surface area contributed by atoms with Crippen molar-refractivity contribution in [1.82, 2.24) is 25.2 Å². The van der Waals surface area contributed by atoms with E-state index in [9.17, 15) is 0 Å². The van der Waals surface area contributed by atoms with Gasteiger partial charge in [-0.15, -0.1) is 5.10 Å². The summed E-state index contributed by atoms with van der Waals surface area (Å²) in [6.07, 6.45) is 5.20. The summed E-state index contributed by atoms with van der Waals surface area (Å²) in [5, 5.41) is 14.6. The largest absolute Gasteiger partial charge is 0.381 e. The summed E-state index contributed by atoms with van der Waals surface area (Å²) in [7, 11) is 0. The molecule has 0 unspecified atom stereocenters. The van der Waals surface area contributed by atoms with Crippen LogP contribution < -0.4 is 5.32 Å². The molecule has 3 aromatic rings. The fourth-order valence-electron chi connectivity index (χ4n) is 1.92. The van der Waals surface area contributed by atoms with Crippen molar-refractivity contribution in [3.05, 3.63) is 60.2 Å². The van der Waals surface area contributed by atoms with Gasteiger partial charge in [-0.3, -0.25) is 4.98 Å². The number of tetrazole rings is 1. The number of nitrogens with zero attached hydrogens (tertiary/aromatic N) is 5. The topological polar surface area (TPSA) is 68.5 Å². The molecule has 20 heavy (non-hydrogen) atoms.